The number of carbonyl (C=O) groups excluding carboxylic acids is 2. The number of nitrogens with zero attached hydrogens (tertiary/aromatic N) is 3. The van der Waals surface area contributed by atoms with Crippen LogP contribution in [0.2, 0.25) is 0 Å². The second-order valence-electron chi connectivity index (χ2n) is 7.72. The summed E-state index contributed by atoms with van der Waals surface area (Å²) in [5.41, 5.74) is 4.05. The summed E-state index contributed by atoms with van der Waals surface area (Å²) in [5.74, 6) is -1.10. The van der Waals surface area contributed by atoms with Crippen molar-refractivity contribution in [2.24, 2.45) is 0 Å². The fourth-order valence-electron chi connectivity index (χ4n) is 3.58. The van der Waals surface area contributed by atoms with E-state index in [4.69, 9.17) is 4.74 Å². The number of nitrogens with one attached hydrogen (secondary N) is 2. The van der Waals surface area contributed by atoms with Gasteiger partial charge in [0.2, 0.25) is 0 Å². The number of anilines is 1. The highest BCUT2D eigenvalue weighted by Crippen LogP contribution is 2.23. The van der Waals surface area contributed by atoms with Gasteiger partial charge >= 0.3 is 5.97 Å². The molecule has 2 aromatic heterocycles. The number of fused-ring (bicyclic) bond motifs is 1. The van der Waals surface area contributed by atoms with Crippen LogP contribution in [-0.4, -0.2) is 38.5 Å². The van der Waals surface area contributed by atoms with Crippen molar-refractivity contribution in [3.05, 3.63) is 81.5 Å². The van der Waals surface area contributed by atoms with Gasteiger partial charge in [0.15, 0.2) is 6.61 Å². The summed E-state index contributed by atoms with van der Waals surface area (Å²) in [6, 6.07) is 14.7. The van der Waals surface area contributed by atoms with Crippen LogP contribution in [0.1, 0.15) is 22.6 Å². The summed E-state index contributed by atoms with van der Waals surface area (Å²) in [4.78, 5) is 36.6. The molecule has 2 N–H and O–H groups in total. The predicted molar refractivity (Wildman–Crippen MR) is 123 cm³/mol. The Morgan fingerprint density at radius 3 is 2.45 bits per heavy atom. The van der Waals surface area contributed by atoms with Gasteiger partial charge in [-0.25, -0.2) is 9.78 Å². The van der Waals surface area contributed by atoms with Crippen LogP contribution in [0, 0.1) is 20.8 Å². The first-order valence-corrected chi connectivity index (χ1v) is 10.4. The van der Waals surface area contributed by atoms with E-state index in [2.05, 4.69) is 20.6 Å². The van der Waals surface area contributed by atoms with Crippen LogP contribution in [0.25, 0.3) is 16.5 Å². The Balaban J connectivity index is 1.40. The van der Waals surface area contributed by atoms with Crippen molar-refractivity contribution >= 4 is 28.3 Å². The molecule has 0 bridgehead atoms. The van der Waals surface area contributed by atoms with Crippen LogP contribution in [0.4, 0.5) is 5.69 Å². The molecule has 2 aromatic carbocycles. The van der Waals surface area contributed by atoms with E-state index in [-0.39, 0.29) is 12.0 Å². The Bertz CT molecular complexity index is 1400. The van der Waals surface area contributed by atoms with Gasteiger partial charge in [0.1, 0.15) is 0 Å². The fourth-order valence-corrected chi connectivity index (χ4v) is 3.58. The molecule has 1 amide bonds. The van der Waals surface area contributed by atoms with E-state index in [9.17, 15) is 14.4 Å². The number of rotatable bonds is 6. The molecular weight excluding hydrogens is 422 g/mol. The Morgan fingerprint density at radius 1 is 1.03 bits per heavy atom. The highest BCUT2D eigenvalue weighted by Gasteiger charge is 2.17. The van der Waals surface area contributed by atoms with Gasteiger partial charge in [-0.15, -0.1) is 0 Å². The lowest BCUT2D eigenvalue weighted by Gasteiger charge is -2.09. The largest absolute Gasteiger partial charge is 0.455 e. The molecule has 0 saturated heterocycles. The number of aromatic amines is 1. The number of ether oxygens (including phenoxy) is 1. The number of esters is 1. The monoisotopic (exact) mass is 445 g/mol. The highest BCUT2D eigenvalue weighted by atomic mass is 16.5. The zero-order chi connectivity index (χ0) is 23.5. The fraction of sp³-hybridized carbons (Fsp3) is 0.208. The maximum atomic E-state index is 12.4. The summed E-state index contributed by atoms with van der Waals surface area (Å²) in [6.07, 6.45) is -0.173. The molecule has 33 heavy (non-hydrogen) atoms. The summed E-state index contributed by atoms with van der Waals surface area (Å²) in [6.45, 7) is 5.21. The van der Waals surface area contributed by atoms with Gasteiger partial charge in [0.25, 0.3) is 11.5 Å². The maximum Gasteiger partial charge on any atom is 0.312 e. The molecule has 0 spiro atoms. The molecule has 4 aromatic rings. The van der Waals surface area contributed by atoms with E-state index in [0.717, 1.165) is 16.9 Å². The second kappa shape index (κ2) is 9.07. The van der Waals surface area contributed by atoms with Crippen molar-refractivity contribution in [1.82, 2.24) is 20.0 Å². The SMILES string of the molecule is Cc1ccc(-n2nc(C)c(NC(=O)COC(=O)Cc3n[nH]c(=O)c4ccccc34)c2C)cc1. The quantitative estimate of drug-likeness (QED) is 0.441. The molecule has 9 heteroatoms. The lowest BCUT2D eigenvalue weighted by Crippen LogP contribution is -2.23. The number of benzene rings is 2. The van der Waals surface area contributed by atoms with E-state index < -0.39 is 18.5 Å². The summed E-state index contributed by atoms with van der Waals surface area (Å²) < 4.78 is 6.89. The predicted octanol–water partition coefficient (Wildman–Crippen LogP) is 2.76. The highest BCUT2D eigenvalue weighted by molar-refractivity contribution is 5.94. The van der Waals surface area contributed by atoms with Gasteiger partial charge in [0, 0.05) is 5.39 Å². The first-order valence-electron chi connectivity index (χ1n) is 10.4. The van der Waals surface area contributed by atoms with Crippen molar-refractivity contribution in [3.8, 4) is 5.69 Å². The van der Waals surface area contributed by atoms with Gasteiger partial charge in [-0.2, -0.15) is 10.2 Å². The van der Waals surface area contributed by atoms with Crippen LogP contribution in [0.15, 0.2) is 53.3 Å². The minimum absolute atomic E-state index is 0.173. The van der Waals surface area contributed by atoms with Crippen LogP contribution >= 0.6 is 0 Å². The Hall–Kier alpha value is -4.27. The van der Waals surface area contributed by atoms with Crippen molar-refractivity contribution in [3.63, 3.8) is 0 Å². The molecule has 0 aliphatic heterocycles. The minimum atomic E-state index is -0.626. The molecule has 2 heterocycles. The summed E-state index contributed by atoms with van der Waals surface area (Å²) in [7, 11) is 0. The molecule has 0 aliphatic carbocycles. The van der Waals surface area contributed by atoms with E-state index >= 15 is 0 Å². The van der Waals surface area contributed by atoms with Crippen LogP contribution in [0.3, 0.4) is 0 Å². The first kappa shape index (κ1) is 21.9. The van der Waals surface area contributed by atoms with E-state index in [0.29, 0.717) is 27.8 Å². The Labute approximate surface area is 189 Å². The number of carbonyl (C=O) groups is 2. The number of aromatic nitrogens is 4. The zero-order valence-electron chi connectivity index (χ0n) is 18.5. The molecule has 0 radical (unpaired) electrons. The second-order valence-corrected chi connectivity index (χ2v) is 7.72. The third-order valence-electron chi connectivity index (χ3n) is 5.29. The normalized spacial score (nSPS) is 10.9. The molecule has 9 nitrogen and oxygen atoms in total. The molecular formula is C24H23N5O4. The van der Waals surface area contributed by atoms with Crippen LogP contribution in [-0.2, 0) is 20.7 Å². The average Bonchev–Trinajstić information content (AvgIpc) is 3.08. The third-order valence-corrected chi connectivity index (χ3v) is 5.29. The first-order chi connectivity index (χ1) is 15.8. The number of amides is 1. The van der Waals surface area contributed by atoms with E-state index in [1.54, 1.807) is 35.9 Å². The molecule has 4 rings (SSSR count). The molecule has 168 valence electrons. The summed E-state index contributed by atoms with van der Waals surface area (Å²) in [5, 5.41) is 14.6. The standard InChI is InChI=1S/C24H23N5O4/c1-14-8-10-17(11-9-14)29-16(3)23(15(2)28-29)25-21(30)13-33-22(31)12-20-18-6-4-5-7-19(18)24(32)27-26-20/h4-11H,12-13H2,1-3H3,(H,25,30)(H,27,32). The third kappa shape index (κ3) is 4.67. The minimum Gasteiger partial charge on any atom is -0.455 e. The zero-order valence-corrected chi connectivity index (χ0v) is 18.5. The topological polar surface area (TPSA) is 119 Å². The van der Waals surface area contributed by atoms with Crippen LogP contribution < -0.4 is 10.9 Å². The molecule has 0 atom stereocenters. The van der Waals surface area contributed by atoms with E-state index in [1.807, 2.05) is 38.1 Å². The van der Waals surface area contributed by atoms with Gasteiger partial charge in [-0.05, 0) is 39.0 Å². The Kier molecular flexibility index (Phi) is 6.03. The Morgan fingerprint density at radius 2 is 1.73 bits per heavy atom. The lowest BCUT2D eigenvalue weighted by molar-refractivity contribution is -0.146. The lowest BCUT2D eigenvalue weighted by atomic mass is 10.1. The van der Waals surface area contributed by atoms with Crippen molar-refractivity contribution in [1.29, 1.82) is 0 Å². The molecule has 0 unspecified atom stereocenters. The summed E-state index contributed by atoms with van der Waals surface area (Å²) >= 11 is 0. The van der Waals surface area contributed by atoms with Gasteiger partial charge in [0.05, 0.1) is 40.3 Å². The number of aryl methyl sites for hydroxylation is 2. The number of H-pyrrole nitrogens is 1. The van der Waals surface area contributed by atoms with Crippen molar-refractivity contribution in [2.75, 3.05) is 11.9 Å². The number of hydrogen-bond donors (Lipinski definition) is 2. The van der Waals surface area contributed by atoms with Crippen molar-refractivity contribution < 1.29 is 14.3 Å². The van der Waals surface area contributed by atoms with Gasteiger partial charge < -0.3 is 10.1 Å². The molecule has 0 aliphatic rings. The smallest absolute Gasteiger partial charge is 0.312 e. The van der Waals surface area contributed by atoms with Gasteiger partial charge in [-0.1, -0.05) is 35.9 Å². The molecule has 0 saturated carbocycles. The average molecular weight is 445 g/mol. The van der Waals surface area contributed by atoms with Gasteiger partial charge in [-0.3, -0.25) is 14.4 Å². The van der Waals surface area contributed by atoms with E-state index in [1.165, 1.54) is 0 Å². The van der Waals surface area contributed by atoms with Crippen LogP contribution in [0.5, 0.6) is 0 Å². The number of hydrogen-bond acceptors (Lipinski definition) is 6. The van der Waals surface area contributed by atoms with Crippen molar-refractivity contribution in [2.45, 2.75) is 27.2 Å². The maximum absolute atomic E-state index is 12.4. The molecule has 0 fully saturated rings.